The van der Waals surface area contributed by atoms with Gasteiger partial charge in [-0.3, -0.25) is 4.79 Å². The van der Waals surface area contributed by atoms with Crippen LogP contribution in [-0.4, -0.2) is 5.91 Å². The summed E-state index contributed by atoms with van der Waals surface area (Å²) < 4.78 is 0. The summed E-state index contributed by atoms with van der Waals surface area (Å²) in [6, 6.07) is 12.7. The summed E-state index contributed by atoms with van der Waals surface area (Å²) >= 11 is 11.9. The minimum absolute atomic E-state index is 0.243. The van der Waals surface area contributed by atoms with Crippen LogP contribution >= 0.6 is 23.2 Å². The van der Waals surface area contributed by atoms with E-state index in [1.165, 1.54) is 5.56 Å². The molecule has 2 aromatic rings. The van der Waals surface area contributed by atoms with Crippen molar-refractivity contribution in [1.82, 2.24) is 0 Å². The van der Waals surface area contributed by atoms with E-state index in [4.69, 9.17) is 23.2 Å². The van der Waals surface area contributed by atoms with Gasteiger partial charge >= 0.3 is 0 Å². The fourth-order valence-electron chi connectivity index (χ4n) is 2.00. The molecule has 2 rings (SSSR count). The van der Waals surface area contributed by atoms with Crippen molar-refractivity contribution in [2.75, 3.05) is 5.32 Å². The zero-order valence-electron chi connectivity index (χ0n) is 12.0. The number of nitrogens with one attached hydrogen (secondary N) is 1. The Bertz CT molecular complexity index is 638. The van der Waals surface area contributed by atoms with Crippen LogP contribution in [0, 0.1) is 0 Å². The van der Waals surface area contributed by atoms with Crippen LogP contribution in [-0.2, 0) is 0 Å². The monoisotopic (exact) mass is 321 g/mol. The Morgan fingerprint density at radius 3 is 2.38 bits per heavy atom. The van der Waals surface area contributed by atoms with E-state index >= 15 is 0 Å². The average molecular weight is 322 g/mol. The smallest absolute Gasteiger partial charge is 0.257 e. The molecule has 0 aliphatic carbocycles. The van der Waals surface area contributed by atoms with Crippen molar-refractivity contribution in [2.24, 2.45) is 0 Å². The summed E-state index contributed by atoms with van der Waals surface area (Å²) in [6.45, 7) is 4.34. The van der Waals surface area contributed by atoms with Crippen LogP contribution < -0.4 is 5.32 Å². The highest BCUT2D eigenvalue weighted by molar-refractivity contribution is 6.37. The van der Waals surface area contributed by atoms with E-state index in [0.29, 0.717) is 21.5 Å². The topological polar surface area (TPSA) is 29.1 Å². The van der Waals surface area contributed by atoms with Crippen LogP contribution in [0.5, 0.6) is 0 Å². The number of hydrogen-bond donors (Lipinski definition) is 1. The van der Waals surface area contributed by atoms with E-state index in [-0.39, 0.29) is 5.91 Å². The molecule has 0 bridgehead atoms. The number of halogens is 2. The molecule has 1 atom stereocenters. The summed E-state index contributed by atoms with van der Waals surface area (Å²) in [4.78, 5) is 12.2. The molecule has 2 aromatic carbocycles. The number of rotatable bonds is 4. The molecular formula is C17H17Cl2NO. The van der Waals surface area contributed by atoms with Crippen molar-refractivity contribution in [3.8, 4) is 0 Å². The maximum atomic E-state index is 12.2. The normalized spacial score (nSPS) is 12.0. The first-order valence-electron chi connectivity index (χ1n) is 6.87. The molecule has 0 aliphatic heterocycles. The summed E-state index contributed by atoms with van der Waals surface area (Å²) in [6.07, 6.45) is 1.09. The molecule has 0 radical (unpaired) electrons. The fraction of sp³-hybridized carbons (Fsp3) is 0.235. The second-order valence-corrected chi connectivity index (χ2v) is 5.85. The van der Waals surface area contributed by atoms with Crippen LogP contribution in [0.3, 0.4) is 0 Å². The zero-order chi connectivity index (χ0) is 15.4. The second-order valence-electron chi connectivity index (χ2n) is 5.01. The van der Waals surface area contributed by atoms with Crippen molar-refractivity contribution in [1.29, 1.82) is 0 Å². The number of carbonyl (C=O) groups is 1. The molecular weight excluding hydrogens is 305 g/mol. The molecule has 4 heteroatoms. The Labute approximate surface area is 135 Å². The largest absolute Gasteiger partial charge is 0.322 e. The molecule has 0 fully saturated rings. The van der Waals surface area contributed by atoms with Gasteiger partial charge in [0.1, 0.15) is 0 Å². The minimum Gasteiger partial charge on any atom is -0.322 e. The summed E-state index contributed by atoms with van der Waals surface area (Å²) in [5.74, 6) is 0.272. The van der Waals surface area contributed by atoms with Crippen LogP contribution in [0.15, 0.2) is 42.5 Å². The van der Waals surface area contributed by atoms with Gasteiger partial charge in [-0.05, 0) is 48.2 Å². The predicted molar refractivity (Wildman–Crippen MR) is 89.6 cm³/mol. The van der Waals surface area contributed by atoms with Crippen LogP contribution in [0.2, 0.25) is 10.0 Å². The van der Waals surface area contributed by atoms with Crippen molar-refractivity contribution in [2.45, 2.75) is 26.2 Å². The lowest BCUT2D eigenvalue weighted by Gasteiger charge is -2.11. The Morgan fingerprint density at radius 1 is 1.14 bits per heavy atom. The summed E-state index contributed by atoms with van der Waals surface area (Å²) in [7, 11) is 0. The van der Waals surface area contributed by atoms with Gasteiger partial charge in [0, 0.05) is 10.7 Å². The summed E-state index contributed by atoms with van der Waals surface area (Å²) in [5.41, 5.74) is 2.42. The van der Waals surface area contributed by atoms with Gasteiger partial charge in [0.05, 0.1) is 10.6 Å². The molecule has 0 heterocycles. The maximum Gasteiger partial charge on any atom is 0.257 e. The minimum atomic E-state index is -0.243. The van der Waals surface area contributed by atoms with E-state index in [1.807, 2.05) is 24.3 Å². The fourth-order valence-corrected chi connectivity index (χ4v) is 2.50. The molecule has 0 aromatic heterocycles. The Hall–Kier alpha value is -1.51. The van der Waals surface area contributed by atoms with E-state index in [0.717, 1.165) is 12.1 Å². The SMILES string of the molecule is CC[C@H](C)c1ccc(NC(=O)c2ccc(Cl)cc2Cl)cc1. The first kappa shape index (κ1) is 15.9. The highest BCUT2D eigenvalue weighted by atomic mass is 35.5. The van der Waals surface area contributed by atoms with Crippen molar-refractivity contribution in [3.63, 3.8) is 0 Å². The molecule has 0 saturated carbocycles. The van der Waals surface area contributed by atoms with E-state index in [2.05, 4.69) is 19.2 Å². The molecule has 0 spiro atoms. The molecule has 110 valence electrons. The van der Waals surface area contributed by atoms with Crippen molar-refractivity contribution in [3.05, 3.63) is 63.6 Å². The zero-order valence-corrected chi connectivity index (χ0v) is 13.5. The lowest BCUT2D eigenvalue weighted by atomic mass is 9.98. The molecule has 0 unspecified atom stereocenters. The van der Waals surface area contributed by atoms with Crippen LogP contribution in [0.4, 0.5) is 5.69 Å². The third kappa shape index (κ3) is 3.99. The molecule has 2 nitrogen and oxygen atoms in total. The second kappa shape index (κ2) is 6.97. The number of hydrogen-bond acceptors (Lipinski definition) is 1. The lowest BCUT2D eigenvalue weighted by Crippen LogP contribution is -2.12. The lowest BCUT2D eigenvalue weighted by molar-refractivity contribution is 0.102. The molecule has 0 saturated heterocycles. The molecule has 21 heavy (non-hydrogen) atoms. The van der Waals surface area contributed by atoms with Gasteiger partial charge < -0.3 is 5.32 Å². The number of carbonyl (C=O) groups excluding carboxylic acids is 1. The number of benzene rings is 2. The standard InChI is InChI=1S/C17H17Cl2NO/c1-3-11(2)12-4-7-14(8-5-12)20-17(21)15-9-6-13(18)10-16(15)19/h4-11H,3H2,1-2H3,(H,20,21)/t11-/m0/s1. The van der Waals surface area contributed by atoms with Gasteiger partial charge in [-0.2, -0.15) is 0 Å². The van der Waals surface area contributed by atoms with E-state index in [9.17, 15) is 4.79 Å². The highest BCUT2D eigenvalue weighted by Gasteiger charge is 2.11. The molecule has 1 N–H and O–H groups in total. The highest BCUT2D eigenvalue weighted by Crippen LogP contribution is 2.23. The predicted octanol–water partition coefficient (Wildman–Crippen LogP) is 5.76. The Balaban J connectivity index is 2.12. The average Bonchev–Trinajstić information content (AvgIpc) is 2.47. The van der Waals surface area contributed by atoms with E-state index < -0.39 is 0 Å². The van der Waals surface area contributed by atoms with Gasteiger partial charge in [-0.1, -0.05) is 49.2 Å². The number of amides is 1. The van der Waals surface area contributed by atoms with Crippen molar-refractivity contribution < 1.29 is 4.79 Å². The van der Waals surface area contributed by atoms with Gasteiger partial charge in [0.15, 0.2) is 0 Å². The first-order valence-corrected chi connectivity index (χ1v) is 7.63. The number of anilines is 1. The Morgan fingerprint density at radius 2 is 1.81 bits per heavy atom. The molecule has 1 amide bonds. The van der Waals surface area contributed by atoms with Crippen molar-refractivity contribution >= 4 is 34.8 Å². The quantitative estimate of drug-likeness (QED) is 0.762. The van der Waals surface area contributed by atoms with E-state index in [1.54, 1.807) is 18.2 Å². The van der Waals surface area contributed by atoms with Gasteiger partial charge in [-0.15, -0.1) is 0 Å². The Kier molecular flexibility index (Phi) is 5.27. The first-order chi connectivity index (χ1) is 10.0. The molecule has 0 aliphatic rings. The summed E-state index contributed by atoms with van der Waals surface area (Å²) in [5, 5.41) is 3.69. The van der Waals surface area contributed by atoms with Gasteiger partial charge in [0.2, 0.25) is 0 Å². The maximum absolute atomic E-state index is 12.2. The third-order valence-corrected chi connectivity index (χ3v) is 4.07. The third-order valence-electron chi connectivity index (χ3n) is 3.53. The van der Waals surface area contributed by atoms with Gasteiger partial charge in [-0.25, -0.2) is 0 Å². The van der Waals surface area contributed by atoms with Gasteiger partial charge in [0.25, 0.3) is 5.91 Å². The van der Waals surface area contributed by atoms with Crippen LogP contribution in [0.1, 0.15) is 42.1 Å². The van der Waals surface area contributed by atoms with Crippen LogP contribution in [0.25, 0.3) is 0 Å².